The van der Waals surface area contributed by atoms with Crippen molar-refractivity contribution in [2.75, 3.05) is 13.1 Å². The molecule has 24 heavy (non-hydrogen) atoms. The fourth-order valence-electron chi connectivity index (χ4n) is 3.31. The molecule has 0 aromatic heterocycles. The maximum atomic E-state index is 12.4. The average molecular weight is 336 g/mol. The summed E-state index contributed by atoms with van der Waals surface area (Å²) < 4.78 is 0. The van der Waals surface area contributed by atoms with E-state index in [-0.39, 0.29) is 5.91 Å². The molecule has 2 aromatic carbocycles. The number of hydrogen-bond donors (Lipinski definition) is 0. The van der Waals surface area contributed by atoms with Crippen LogP contribution in [0, 0.1) is 0 Å². The Hall–Kier alpha value is -2.07. The number of thioether (sulfide) groups is 1. The molecule has 122 valence electrons. The number of hydrogen-bond acceptors (Lipinski definition) is 3. The first-order valence-corrected chi connectivity index (χ1v) is 9.38. The number of amidine groups is 1. The molecule has 0 spiro atoms. The Morgan fingerprint density at radius 2 is 1.71 bits per heavy atom. The predicted molar refractivity (Wildman–Crippen MR) is 102 cm³/mol. The van der Waals surface area contributed by atoms with E-state index in [9.17, 15) is 4.79 Å². The summed E-state index contributed by atoms with van der Waals surface area (Å²) in [5, 5.41) is 3.24. The minimum Gasteiger partial charge on any atom is -0.351 e. The molecule has 0 aliphatic carbocycles. The Bertz CT molecular complexity index is 827. The highest BCUT2D eigenvalue weighted by molar-refractivity contribution is 8.18. The van der Waals surface area contributed by atoms with Gasteiger partial charge in [-0.05, 0) is 47.0 Å². The average Bonchev–Trinajstić information content (AvgIpc) is 2.82. The highest BCUT2D eigenvalue weighted by Crippen LogP contribution is 2.32. The molecule has 2 aliphatic rings. The number of benzene rings is 2. The molecule has 1 saturated heterocycles. The first-order valence-electron chi connectivity index (χ1n) is 8.56. The Labute approximate surface area is 146 Å². The molecular formula is C20H20N2OS. The zero-order valence-electron chi connectivity index (χ0n) is 13.6. The van der Waals surface area contributed by atoms with E-state index in [0.29, 0.717) is 0 Å². The monoisotopic (exact) mass is 336 g/mol. The molecule has 1 fully saturated rings. The van der Waals surface area contributed by atoms with Crippen molar-refractivity contribution < 1.29 is 4.79 Å². The molecule has 0 atom stereocenters. The van der Waals surface area contributed by atoms with Gasteiger partial charge in [-0.2, -0.15) is 4.99 Å². The van der Waals surface area contributed by atoms with Crippen molar-refractivity contribution in [1.29, 1.82) is 0 Å². The van der Waals surface area contributed by atoms with Crippen molar-refractivity contribution in [3.8, 4) is 0 Å². The third kappa shape index (κ3) is 3.11. The molecule has 2 aromatic rings. The SMILES string of the molecule is O=C1N=C(N2CCCCCC2)SC1=Cc1cccc2ccccc12. The van der Waals surface area contributed by atoms with E-state index < -0.39 is 0 Å². The quantitative estimate of drug-likeness (QED) is 0.709. The number of carbonyl (C=O) groups excluding carboxylic acids is 1. The summed E-state index contributed by atoms with van der Waals surface area (Å²) in [5.74, 6) is -0.104. The summed E-state index contributed by atoms with van der Waals surface area (Å²) in [6.45, 7) is 2.03. The van der Waals surface area contributed by atoms with Crippen molar-refractivity contribution in [2.45, 2.75) is 25.7 Å². The standard InChI is InChI=1S/C20H20N2OS/c23-19-18(24-20(21-19)22-12-5-1-2-6-13-22)14-16-10-7-9-15-8-3-4-11-17(15)16/h3-4,7-11,14H,1-2,5-6,12-13H2. The van der Waals surface area contributed by atoms with Gasteiger partial charge in [-0.25, -0.2) is 0 Å². The second-order valence-corrected chi connectivity index (χ2v) is 7.29. The predicted octanol–water partition coefficient (Wildman–Crippen LogP) is 4.69. The maximum absolute atomic E-state index is 12.4. The van der Waals surface area contributed by atoms with Gasteiger partial charge in [0.25, 0.3) is 5.91 Å². The lowest BCUT2D eigenvalue weighted by atomic mass is 10.0. The molecule has 0 N–H and O–H groups in total. The Morgan fingerprint density at radius 3 is 2.54 bits per heavy atom. The number of amides is 1. The minimum atomic E-state index is -0.104. The summed E-state index contributed by atoms with van der Waals surface area (Å²) in [7, 11) is 0. The molecule has 3 nitrogen and oxygen atoms in total. The molecule has 4 heteroatoms. The highest BCUT2D eigenvalue weighted by Gasteiger charge is 2.26. The van der Waals surface area contributed by atoms with Crippen molar-refractivity contribution in [3.63, 3.8) is 0 Å². The van der Waals surface area contributed by atoms with Gasteiger partial charge in [0.15, 0.2) is 5.17 Å². The number of aliphatic imine (C=N–C) groups is 1. The first kappa shape index (κ1) is 15.5. The molecule has 0 radical (unpaired) electrons. The van der Waals surface area contributed by atoms with Gasteiger partial charge in [0.05, 0.1) is 4.91 Å². The summed E-state index contributed by atoms with van der Waals surface area (Å²) in [4.78, 5) is 19.7. The van der Waals surface area contributed by atoms with Crippen molar-refractivity contribution in [2.24, 2.45) is 4.99 Å². The number of fused-ring (bicyclic) bond motifs is 1. The second-order valence-electron chi connectivity index (χ2n) is 6.28. The van der Waals surface area contributed by atoms with Crippen LogP contribution in [0.3, 0.4) is 0 Å². The van der Waals surface area contributed by atoms with Gasteiger partial charge < -0.3 is 4.90 Å². The van der Waals surface area contributed by atoms with Gasteiger partial charge in [-0.1, -0.05) is 55.3 Å². The molecule has 2 heterocycles. The number of rotatable bonds is 1. The lowest BCUT2D eigenvalue weighted by Gasteiger charge is -2.20. The highest BCUT2D eigenvalue weighted by atomic mass is 32.2. The smallest absolute Gasteiger partial charge is 0.286 e. The molecule has 4 rings (SSSR count). The van der Waals surface area contributed by atoms with Crippen LogP contribution in [0.4, 0.5) is 0 Å². The fraction of sp³-hybridized carbons (Fsp3) is 0.300. The van der Waals surface area contributed by atoms with Crippen LogP contribution in [0.25, 0.3) is 16.8 Å². The molecule has 1 amide bonds. The maximum Gasteiger partial charge on any atom is 0.286 e. The lowest BCUT2D eigenvalue weighted by Crippen LogP contribution is -2.28. The normalized spacial score (nSPS) is 20.5. The van der Waals surface area contributed by atoms with Crippen LogP contribution in [-0.2, 0) is 4.79 Å². The van der Waals surface area contributed by atoms with Gasteiger partial charge in [0.1, 0.15) is 0 Å². The first-order chi connectivity index (χ1) is 11.8. The van der Waals surface area contributed by atoms with Crippen molar-refractivity contribution in [1.82, 2.24) is 4.90 Å². The topological polar surface area (TPSA) is 32.7 Å². The molecule has 0 bridgehead atoms. The van der Waals surface area contributed by atoms with E-state index in [2.05, 4.69) is 34.2 Å². The van der Waals surface area contributed by atoms with Gasteiger partial charge in [-0.15, -0.1) is 0 Å². The number of nitrogens with zero attached hydrogens (tertiary/aromatic N) is 2. The summed E-state index contributed by atoms with van der Waals surface area (Å²) >= 11 is 1.53. The van der Waals surface area contributed by atoms with E-state index in [1.807, 2.05) is 24.3 Å². The Balaban J connectivity index is 1.61. The van der Waals surface area contributed by atoms with Gasteiger partial charge in [-0.3, -0.25) is 4.79 Å². The zero-order valence-corrected chi connectivity index (χ0v) is 14.4. The van der Waals surface area contributed by atoms with Crippen LogP contribution in [0.2, 0.25) is 0 Å². The number of carbonyl (C=O) groups is 1. The van der Waals surface area contributed by atoms with Crippen LogP contribution in [0.15, 0.2) is 52.4 Å². The summed E-state index contributed by atoms with van der Waals surface area (Å²) in [5.41, 5.74) is 1.08. The molecule has 0 saturated carbocycles. The van der Waals surface area contributed by atoms with Gasteiger partial charge in [0.2, 0.25) is 0 Å². The largest absolute Gasteiger partial charge is 0.351 e. The van der Waals surface area contributed by atoms with Gasteiger partial charge >= 0.3 is 0 Å². The van der Waals surface area contributed by atoms with E-state index >= 15 is 0 Å². The number of likely N-dealkylation sites (tertiary alicyclic amines) is 1. The summed E-state index contributed by atoms with van der Waals surface area (Å²) in [6.07, 6.45) is 6.93. The third-order valence-corrected chi connectivity index (χ3v) is 5.64. The fourth-order valence-corrected chi connectivity index (χ4v) is 4.27. The minimum absolute atomic E-state index is 0.104. The Morgan fingerprint density at radius 1 is 0.958 bits per heavy atom. The van der Waals surface area contributed by atoms with E-state index in [1.165, 1.54) is 48.2 Å². The van der Waals surface area contributed by atoms with E-state index in [0.717, 1.165) is 28.7 Å². The second kappa shape index (κ2) is 6.81. The molecule has 2 aliphatic heterocycles. The lowest BCUT2D eigenvalue weighted by molar-refractivity contribution is -0.113. The van der Waals surface area contributed by atoms with Crippen LogP contribution in [0.1, 0.15) is 31.2 Å². The van der Waals surface area contributed by atoms with Crippen molar-refractivity contribution >= 4 is 39.7 Å². The zero-order chi connectivity index (χ0) is 16.4. The molecule has 0 unspecified atom stereocenters. The van der Waals surface area contributed by atoms with E-state index in [4.69, 9.17) is 0 Å². The molecular weight excluding hydrogens is 316 g/mol. The van der Waals surface area contributed by atoms with Crippen molar-refractivity contribution in [3.05, 3.63) is 52.9 Å². The van der Waals surface area contributed by atoms with E-state index in [1.54, 1.807) is 0 Å². The Kier molecular flexibility index (Phi) is 4.39. The van der Waals surface area contributed by atoms with Gasteiger partial charge in [0, 0.05) is 13.1 Å². The summed E-state index contributed by atoms with van der Waals surface area (Å²) in [6, 6.07) is 14.5. The van der Waals surface area contributed by atoms with Crippen LogP contribution >= 0.6 is 11.8 Å². The van der Waals surface area contributed by atoms with Crippen LogP contribution < -0.4 is 0 Å². The third-order valence-electron chi connectivity index (χ3n) is 4.60. The van der Waals surface area contributed by atoms with Crippen LogP contribution in [0.5, 0.6) is 0 Å². The van der Waals surface area contributed by atoms with Crippen LogP contribution in [-0.4, -0.2) is 29.1 Å².